The molecule has 0 aromatic rings. The number of rotatable bonds is 33. The van der Waals surface area contributed by atoms with Crippen molar-refractivity contribution in [3.8, 4) is 0 Å². The Kier molecular flexibility index (Phi) is 28.2. The molecule has 0 amide bonds. The third-order valence-corrected chi connectivity index (χ3v) is 10.00. The quantitative estimate of drug-likeness (QED) is 0.0401. The van der Waals surface area contributed by atoms with E-state index in [1.165, 1.54) is 116 Å². The second kappa shape index (κ2) is 29.9. The highest BCUT2D eigenvalue weighted by Crippen LogP contribution is 2.25. The van der Waals surface area contributed by atoms with Gasteiger partial charge in [0.25, 0.3) is 0 Å². The standard InChI is InChI=1S/C40H78O8/c1-5-6-7-21-26-33(4)27-22-17-13-11-15-19-24-29-46-30-34(31-47-40-38(44)36(42)37(43)39(40)45)48-35(41)28-23-18-14-10-8-9-12-16-20-25-32(2)3/h32-34,36-40,42-45H,5-31H2,1-4H3/t33-,34-,36+,37+,38-,39-/m0/s1. The summed E-state index contributed by atoms with van der Waals surface area (Å²) < 4.78 is 17.2. The molecule has 6 atom stereocenters. The maximum Gasteiger partial charge on any atom is 0.306 e. The number of unbranched alkanes of at least 4 members (excludes halogenated alkanes) is 17. The van der Waals surface area contributed by atoms with Crippen molar-refractivity contribution in [2.45, 2.75) is 218 Å². The first-order valence-corrected chi connectivity index (χ1v) is 20.3. The van der Waals surface area contributed by atoms with E-state index < -0.39 is 36.6 Å². The van der Waals surface area contributed by atoms with Crippen molar-refractivity contribution in [2.75, 3.05) is 19.8 Å². The Morgan fingerprint density at radius 2 is 1.02 bits per heavy atom. The highest BCUT2D eigenvalue weighted by Gasteiger charge is 2.49. The molecule has 0 unspecified atom stereocenters. The Bertz CT molecular complexity index is 720. The molecule has 0 saturated heterocycles. The summed E-state index contributed by atoms with van der Waals surface area (Å²) in [4.78, 5) is 12.6. The fraction of sp³-hybridized carbons (Fsp3) is 0.975. The zero-order valence-corrected chi connectivity index (χ0v) is 31.6. The molecule has 1 rings (SSSR count). The van der Waals surface area contributed by atoms with Crippen molar-refractivity contribution < 1.29 is 39.4 Å². The number of hydrogen-bond donors (Lipinski definition) is 4. The number of hydrogen-bond acceptors (Lipinski definition) is 8. The Labute approximate surface area is 295 Å². The van der Waals surface area contributed by atoms with E-state index in [1.54, 1.807) is 0 Å². The van der Waals surface area contributed by atoms with Crippen LogP contribution in [-0.2, 0) is 19.0 Å². The molecular formula is C40H78O8. The average molecular weight is 687 g/mol. The normalized spacial score (nSPS) is 21.3. The van der Waals surface area contributed by atoms with Crippen LogP contribution in [0.25, 0.3) is 0 Å². The van der Waals surface area contributed by atoms with Crippen LogP contribution < -0.4 is 0 Å². The van der Waals surface area contributed by atoms with E-state index in [1.807, 2.05) is 0 Å². The Morgan fingerprint density at radius 1 is 0.562 bits per heavy atom. The summed E-state index contributed by atoms with van der Waals surface area (Å²) in [6.45, 7) is 9.85. The van der Waals surface area contributed by atoms with E-state index in [-0.39, 0.29) is 19.2 Å². The lowest BCUT2D eigenvalue weighted by molar-refractivity contribution is -0.163. The van der Waals surface area contributed by atoms with E-state index in [0.717, 1.165) is 43.9 Å². The lowest BCUT2D eigenvalue weighted by Gasteiger charge is -2.24. The summed E-state index contributed by atoms with van der Waals surface area (Å²) in [6, 6.07) is 0. The maximum absolute atomic E-state index is 12.6. The molecule has 8 heteroatoms. The van der Waals surface area contributed by atoms with Gasteiger partial charge in [0.15, 0.2) is 0 Å². The van der Waals surface area contributed by atoms with Gasteiger partial charge < -0.3 is 34.6 Å². The summed E-state index contributed by atoms with van der Waals surface area (Å²) in [5.74, 6) is 1.34. The molecule has 0 aromatic heterocycles. The van der Waals surface area contributed by atoms with Crippen molar-refractivity contribution in [3.63, 3.8) is 0 Å². The number of esters is 1. The van der Waals surface area contributed by atoms with Gasteiger partial charge in [-0.25, -0.2) is 0 Å². The van der Waals surface area contributed by atoms with Gasteiger partial charge >= 0.3 is 5.97 Å². The average Bonchev–Trinajstić information content (AvgIpc) is 3.24. The van der Waals surface area contributed by atoms with Crippen LogP contribution in [-0.4, -0.2) is 82.8 Å². The van der Waals surface area contributed by atoms with E-state index in [4.69, 9.17) is 14.2 Å². The summed E-state index contributed by atoms with van der Waals surface area (Å²) in [5, 5.41) is 40.1. The minimum atomic E-state index is -1.49. The van der Waals surface area contributed by atoms with Crippen molar-refractivity contribution in [1.29, 1.82) is 0 Å². The number of aliphatic hydroxyl groups is 4. The minimum Gasteiger partial charge on any atom is -0.457 e. The lowest BCUT2D eigenvalue weighted by atomic mass is 9.96. The van der Waals surface area contributed by atoms with Crippen LogP contribution in [0.2, 0.25) is 0 Å². The summed E-state index contributed by atoms with van der Waals surface area (Å²) in [7, 11) is 0. The molecule has 1 aliphatic rings. The minimum absolute atomic E-state index is 0.0987. The zero-order chi connectivity index (χ0) is 35.4. The number of aliphatic hydroxyl groups excluding tert-OH is 4. The molecule has 1 saturated carbocycles. The van der Waals surface area contributed by atoms with Crippen molar-refractivity contribution in [1.82, 2.24) is 0 Å². The van der Waals surface area contributed by atoms with Crippen LogP contribution in [0.4, 0.5) is 0 Å². The van der Waals surface area contributed by atoms with Crippen LogP contribution in [0.15, 0.2) is 0 Å². The molecule has 1 fully saturated rings. The monoisotopic (exact) mass is 687 g/mol. The smallest absolute Gasteiger partial charge is 0.306 e. The number of ether oxygens (including phenoxy) is 3. The van der Waals surface area contributed by atoms with Gasteiger partial charge in [-0.15, -0.1) is 0 Å². The molecule has 1 aliphatic carbocycles. The first-order valence-electron chi connectivity index (χ1n) is 20.3. The van der Waals surface area contributed by atoms with Crippen LogP contribution in [0.3, 0.4) is 0 Å². The van der Waals surface area contributed by atoms with Gasteiger partial charge in [0.05, 0.1) is 13.2 Å². The second-order valence-electron chi connectivity index (χ2n) is 15.3. The molecule has 0 bridgehead atoms. The highest BCUT2D eigenvalue weighted by atomic mass is 16.6. The van der Waals surface area contributed by atoms with Crippen molar-refractivity contribution in [2.24, 2.45) is 11.8 Å². The molecular weight excluding hydrogens is 608 g/mol. The second-order valence-corrected chi connectivity index (χ2v) is 15.3. The van der Waals surface area contributed by atoms with Gasteiger partial charge in [0.2, 0.25) is 0 Å². The van der Waals surface area contributed by atoms with Crippen LogP contribution >= 0.6 is 0 Å². The Morgan fingerprint density at radius 3 is 1.54 bits per heavy atom. The summed E-state index contributed by atoms with van der Waals surface area (Å²) in [5.41, 5.74) is 0. The van der Waals surface area contributed by atoms with Crippen LogP contribution in [0.1, 0.15) is 182 Å². The van der Waals surface area contributed by atoms with E-state index in [0.29, 0.717) is 13.0 Å². The molecule has 286 valence electrons. The number of carbonyl (C=O) groups excluding carboxylic acids is 1. The van der Waals surface area contributed by atoms with E-state index in [2.05, 4.69) is 27.7 Å². The topological polar surface area (TPSA) is 126 Å². The van der Waals surface area contributed by atoms with Gasteiger partial charge in [0, 0.05) is 13.0 Å². The Balaban J connectivity index is 2.24. The number of carbonyl (C=O) groups is 1. The first kappa shape index (κ1) is 45.3. The van der Waals surface area contributed by atoms with Gasteiger partial charge in [0.1, 0.15) is 36.6 Å². The first-order chi connectivity index (χ1) is 23.2. The third-order valence-electron chi connectivity index (χ3n) is 10.00. The third kappa shape index (κ3) is 22.8. The van der Waals surface area contributed by atoms with E-state index >= 15 is 0 Å². The molecule has 0 spiro atoms. The van der Waals surface area contributed by atoms with Gasteiger partial charge in [-0.1, -0.05) is 163 Å². The predicted octanol–water partition coefficient (Wildman–Crippen LogP) is 8.43. The van der Waals surface area contributed by atoms with Crippen LogP contribution in [0, 0.1) is 11.8 Å². The predicted molar refractivity (Wildman–Crippen MR) is 195 cm³/mol. The fourth-order valence-corrected chi connectivity index (χ4v) is 6.69. The zero-order valence-electron chi connectivity index (χ0n) is 31.6. The SMILES string of the molecule is CCCCCC[C@H](C)CCCCCCCCCOC[C@@H](COC1[C@@H](O)[C@H](O)[C@@H](O)[C@@H]1O)OC(=O)CCCCCCCCCCCC(C)C. The van der Waals surface area contributed by atoms with Crippen molar-refractivity contribution >= 4 is 5.97 Å². The molecule has 0 aliphatic heterocycles. The van der Waals surface area contributed by atoms with Gasteiger partial charge in [-0.05, 0) is 24.7 Å². The molecule has 0 heterocycles. The summed E-state index contributed by atoms with van der Waals surface area (Å²) >= 11 is 0. The molecule has 8 nitrogen and oxygen atoms in total. The van der Waals surface area contributed by atoms with E-state index in [9.17, 15) is 25.2 Å². The largest absolute Gasteiger partial charge is 0.457 e. The highest BCUT2D eigenvalue weighted by molar-refractivity contribution is 5.69. The van der Waals surface area contributed by atoms with Crippen LogP contribution in [0.5, 0.6) is 0 Å². The molecule has 48 heavy (non-hydrogen) atoms. The Hall–Kier alpha value is -0.770. The molecule has 0 aromatic carbocycles. The molecule has 4 N–H and O–H groups in total. The maximum atomic E-state index is 12.6. The summed E-state index contributed by atoms with van der Waals surface area (Å²) in [6.07, 6.45) is 21.2. The molecule has 0 radical (unpaired) electrons. The van der Waals surface area contributed by atoms with Gasteiger partial charge in [-0.2, -0.15) is 0 Å². The lowest BCUT2D eigenvalue weighted by Crippen LogP contribution is -2.39. The van der Waals surface area contributed by atoms with Crippen molar-refractivity contribution in [3.05, 3.63) is 0 Å². The van der Waals surface area contributed by atoms with Gasteiger partial charge in [-0.3, -0.25) is 4.79 Å². The fourth-order valence-electron chi connectivity index (χ4n) is 6.69.